The number of amides is 1. The van der Waals surface area contributed by atoms with Crippen LogP contribution in [-0.2, 0) is 0 Å². The number of benzene rings is 1. The van der Waals surface area contributed by atoms with Gasteiger partial charge >= 0.3 is 0 Å². The summed E-state index contributed by atoms with van der Waals surface area (Å²) in [6, 6.07) is 7.19. The van der Waals surface area contributed by atoms with E-state index >= 15 is 0 Å². The van der Waals surface area contributed by atoms with Gasteiger partial charge in [-0.15, -0.1) is 12.6 Å². The van der Waals surface area contributed by atoms with Crippen LogP contribution < -0.4 is 0 Å². The van der Waals surface area contributed by atoms with Crippen molar-refractivity contribution in [2.45, 2.75) is 18.2 Å². The molecule has 0 bridgehead atoms. The molecule has 0 unspecified atom stereocenters. The molecule has 0 aromatic heterocycles. The van der Waals surface area contributed by atoms with E-state index in [2.05, 4.69) is 12.6 Å². The first kappa shape index (κ1) is 13.1. The molecular weight excluding hydrogens is 222 g/mol. The van der Waals surface area contributed by atoms with Crippen molar-refractivity contribution in [3.63, 3.8) is 0 Å². The smallest absolute Gasteiger partial charge is 0.253 e. The Hall–Kier alpha value is -1.00. The summed E-state index contributed by atoms with van der Waals surface area (Å²) in [6.07, 6.45) is 0.611. The molecule has 1 aromatic carbocycles. The van der Waals surface area contributed by atoms with E-state index < -0.39 is 0 Å². The lowest BCUT2D eigenvalue weighted by Gasteiger charge is -2.20. The minimum atomic E-state index is -0.00755. The average Bonchev–Trinajstić information content (AvgIpc) is 2.29. The first-order valence-corrected chi connectivity index (χ1v) is 5.83. The van der Waals surface area contributed by atoms with E-state index in [-0.39, 0.29) is 12.5 Å². The number of rotatable bonds is 5. The predicted molar refractivity (Wildman–Crippen MR) is 67.0 cm³/mol. The molecule has 0 saturated carbocycles. The van der Waals surface area contributed by atoms with Crippen molar-refractivity contribution in [3.8, 4) is 0 Å². The first-order chi connectivity index (χ1) is 7.69. The van der Waals surface area contributed by atoms with Gasteiger partial charge in [0.15, 0.2) is 0 Å². The lowest BCUT2D eigenvalue weighted by molar-refractivity contribution is 0.0754. The van der Waals surface area contributed by atoms with Crippen LogP contribution in [0, 0.1) is 0 Å². The monoisotopic (exact) mass is 239 g/mol. The van der Waals surface area contributed by atoms with Gasteiger partial charge in [0.25, 0.3) is 5.91 Å². The predicted octanol–water partition coefficient (Wildman–Crippen LogP) is 1.82. The highest BCUT2D eigenvalue weighted by Crippen LogP contribution is 2.11. The van der Waals surface area contributed by atoms with Crippen LogP contribution in [0.4, 0.5) is 0 Å². The second-order valence-corrected chi connectivity index (χ2v) is 4.03. The molecule has 3 nitrogen and oxygen atoms in total. The second kappa shape index (κ2) is 6.55. The van der Waals surface area contributed by atoms with E-state index in [9.17, 15) is 4.79 Å². The maximum atomic E-state index is 12.0. The topological polar surface area (TPSA) is 40.5 Å². The van der Waals surface area contributed by atoms with Crippen LogP contribution in [0.1, 0.15) is 23.7 Å². The molecule has 1 aromatic rings. The van der Waals surface area contributed by atoms with E-state index in [0.29, 0.717) is 25.1 Å². The maximum absolute atomic E-state index is 12.0. The number of aliphatic hydroxyl groups excluding tert-OH is 1. The van der Waals surface area contributed by atoms with Gasteiger partial charge in [0, 0.05) is 30.2 Å². The van der Waals surface area contributed by atoms with Crippen LogP contribution in [0.5, 0.6) is 0 Å². The normalized spacial score (nSPS) is 10.2. The average molecular weight is 239 g/mol. The number of hydrogen-bond acceptors (Lipinski definition) is 3. The molecule has 0 aliphatic heterocycles. The van der Waals surface area contributed by atoms with Gasteiger partial charge in [-0.1, -0.05) is 6.07 Å². The van der Waals surface area contributed by atoms with Crippen molar-refractivity contribution >= 4 is 18.5 Å². The third-order valence-electron chi connectivity index (χ3n) is 2.35. The molecule has 16 heavy (non-hydrogen) atoms. The fourth-order valence-electron chi connectivity index (χ4n) is 1.49. The summed E-state index contributed by atoms with van der Waals surface area (Å²) < 4.78 is 0. The summed E-state index contributed by atoms with van der Waals surface area (Å²) in [5.74, 6) is -0.00755. The number of carbonyl (C=O) groups is 1. The molecular formula is C12H17NO2S. The largest absolute Gasteiger partial charge is 0.396 e. The van der Waals surface area contributed by atoms with Crippen LogP contribution in [0.15, 0.2) is 29.2 Å². The van der Waals surface area contributed by atoms with Gasteiger partial charge in [0.2, 0.25) is 0 Å². The Balaban J connectivity index is 2.74. The van der Waals surface area contributed by atoms with Crippen molar-refractivity contribution in [3.05, 3.63) is 29.8 Å². The Morgan fingerprint density at radius 1 is 1.50 bits per heavy atom. The highest BCUT2D eigenvalue weighted by molar-refractivity contribution is 7.80. The Morgan fingerprint density at radius 2 is 2.25 bits per heavy atom. The van der Waals surface area contributed by atoms with E-state index in [1.165, 1.54) is 0 Å². The molecule has 1 rings (SSSR count). The summed E-state index contributed by atoms with van der Waals surface area (Å²) >= 11 is 4.21. The van der Waals surface area contributed by atoms with Crippen LogP contribution in [-0.4, -0.2) is 35.6 Å². The number of nitrogens with zero attached hydrogens (tertiary/aromatic N) is 1. The van der Waals surface area contributed by atoms with E-state index in [1.54, 1.807) is 17.0 Å². The Bertz CT molecular complexity index is 355. The summed E-state index contributed by atoms with van der Waals surface area (Å²) in [5.41, 5.74) is 0.646. The third kappa shape index (κ3) is 3.54. The van der Waals surface area contributed by atoms with Crippen LogP contribution in [0.3, 0.4) is 0 Å². The van der Waals surface area contributed by atoms with Gasteiger partial charge in [0.1, 0.15) is 0 Å². The molecule has 0 atom stereocenters. The number of thiol groups is 1. The fourth-order valence-corrected chi connectivity index (χ4v) is 1.71. The molecule has 0 spiro atoms. The molecule has 1 amide bonds. The highest BCUT2D eigenvalue weighted by atomic mass is 32.1. The molecule has 0 radical (unpaired) electrons. The lowest BCUT2D eigenvalue weighted by Crippen LogP contribution is -2.32. The SMILES string of the molecule is CCN(CCCO)C(=O)c1cccc(S)c1. The van der Waals surface area contributed by atoms with Crippen molar-refractivity contribution in [1.29, 1.82) is 0 Å². The third-order valence-corrected chi connectivity index (χ3v) is 2.63. The zero-order chi connectivity index (χ0) is 12.0. The minimum absolute atomic E-state index is 0.00755. The van der Waals surface area contributed by atoms with Gasteiger partial charge in [-0.25, -0.2) is 0 Å². The van der Waals surface area contributed by atoms with Gasteiger partial charge in [0.05, 0.1) is 0 Å². The van der Waals surface area contributed by atoms with Crippen molar-refractivity contribution in [2.24, 2.45) is 0 Å². The maximum Gasteiger partial charge on any atom is 0.253 e. The highest BCUT2D eigenvalue weighted by Gasteiger charge is 2.13. The molecule has 0 aliphatic carbocycles. The van der Waals surface area contributed by atoms with Crippen molar-refractivity contribution < 1.29 is 9.90 Å². The number of carbonyl (C=O) groups excluding carboxylic acids is 1. The van der Waals surface area contributed by atoms with Crippen molar-refractivity contribution in [1.82, 2.24) is 4.90 Å². The van der Waals surface area contributed by atoms with Crippen LogP contribution in [0.25, 0.3) is 0 Å². The van der Waals surface area contributed by atoms with Gasteiger partial charge < -0.3 is 10.0 Å². The zero-order valence-corrected chi connectivity index (χ0v) is 10.3. The minimum Gasteiger partial charge on any atom is -0.396 e. The standard InChI is InChI=1S/C12H17NO2S/c1-2-13(7-4-8-14)12(15)10-5-3-6-11(16)9-10/h3,5-6,9,14,16H,2,4,7-8H2,1H3. The summed E-state index contributed by atoms with van der Waals surface area (Å²) in [5, 5.41) is 8.76. The first-order valence-electron chi connectivity index (χ1n) is 5.38. The number of aliphatic hydroxyl groups is 1. The molecule has 0 heterocycles. The summed E-state index contributed by atoms with van der Waals surface area (Å²) in [4.78, 5) is 14.5. The molecule has 4 heteroatoms. The van der Waals surface area contributed by atoms with Crippen LogP contribution in [0.2, 0.25) is 0 Å². The van der Waals surface area contributed by atoms with Gasteiger partial charge in [-0.2, -0.15) is 0 Å². The van der Waals surface area contributed by atoms with Crippen molar-refractivity contribution in [2.75, 3.05) is 19.7 Å². The molecule has 0 aliphatic rings. The number of hydrogen-bond donors (Lipinski definition) is 2. The molecule has 0 saturated heterocycles. The van der Waals surface area contributed by atoms with Crippen LogP contribution >= 0.6 is 12.6 Å². The van der Waals surface area contributed by atoms with E-state index in [1.807, 2.05) is 19.1 Å². The quantitative estimate of drug-likeness (QED) is 0.770. The molecule has 0 fully saturated rings. The second-order valence-electron chi connectivity index (χ2n) is 3.51. The lowest BCUT2D eigenvalue weighted by atomic mass is 10.2. The van der Waals surface area contributed by atoms with E-state index in [4.69, 9.17) is 5.11 Å². The van der Waals surface area contributed by atoms with E-state index in [0.717, 1.165) is 4.90 Å². The van der Waals surface area contributed by atoms with Gasteiger partial charge in [-0.3, -0.25) is 4.79 Å². The van der Waals surface area contributed by atoms with Gasteiger partial charge in [-0.05, 0) is 31.5 Å². The zero-order valence-electron chi connectivity index (χ0n) is 9.39. The Labute approximate surface area is 101 Å². The summed E-state index contributed by atoms with van der Waals surface area (Å²) in [6.45, 7) is 3.27. The summed E-state index contributed by atoms with van der Waals surface area (Å²) in [7, 11) is 0. The Morgan fingerprint density at radius 3 is 2.81 bits per heavy atom. The molecule has 88 valence electrons. The fraction of sp³-hybridized carbons (Fsp3) is 0.417. The Kier molecular flexibility index (Phi) is 5.35. The molecule has 1 N–H and O–H groups in total.